The number of anilines is 1. The van der Waals surface area contributed by atoms with Gasteiger partial charge in [-0.1, -0.05) is 66.7 Å². The molecule has 4 aromatic rings. The first-order valence-electron chi connectivity index (χ1n) is 14.2. The van der Waals surface area contributed by atoms with Crippen LogP contribution in [-0.2, 0) is 30.5 Å². The van der Waals surface area contributed by atoms with Crippen molar-refractivity contribution in [3.05, 3.63) is 108 Å². The van der Waals surface area contributed by atoms with Crippen molar-refractivity contribution in [2.75, 3.05) is 11.4 Å². The number of hydrogen-bond acceptors (Lipinski definition) is 8. The van der Waals surface area contributed by atoms with Crippen LogP contribution < -0.4 is 15.5 Å². The number of rotatable bonds is 8. The number of pyridine rings is 1. The van der Waals surface area contributed by atoms with E-state index in [1.807, 2.05) is 42.5 Å². The quantitative estimate of drug-likeness (QED) is 0.295. The van der Waals surface area contributed by atoms with Gasteiger partial charge >= 0.3 is 11.9 Å². The van der Waals surface area contributed by atoms with E-state index in [-0.39, 0.29) is 42.2 Å². The maximum absolute atomic E-state index is 13.9. The molecule has 0 bridgehead atoms. The number of carbonyl (C=O) groups is 5. The van der Waals surface area contributed by atoms with E-state index in [1.165, 1.54) is 16.4 Å². The smallest absolute Gasteiger partial charge is 0.330 e. The molecule has 1 saturated heterocycles. The number of fused-ring (bicyclic) bond motifs is 2. The summed E-state index contributed by atoms with van der Waals surface area (Å²) in [6, 6.07) is 22.9. The van der Waals surface area contributed by atoms with E-state index < -0.39 is 48.6 Å². The zero-order valence-electron chi connectivity index (χ0n) is 23.6. The monoisotopic (exact) mass is 593 g/mol. The van der Waals surface area contributed by atoms with Crippen molar-refractivity contribution in [2.45, 2.75) is 37.8 Å². The number of para-hydroxylation sites is 1. The molecule has 1 fully saturated rings. The van der Waals surface area contributed by atoms with Crippen molar-refractivity contribution in [1.82, 2.24) is 10.3 Å². The van der Waals surface area contributed by atoms with E-state index >= 15 is 0 Å². The fourth-order valence-corrected chi connectivity index (χ4v) is 5.49. The first-order chi connectivity index (χ1) is 21.4. The van der Waals surface area contributed by atoms with Crippen molar-refractivity contribution >= 4 is 45.9 Å². The SMILES string of the molecule is O=C(CN1C(=O)C(NC(=O)c2nccc3ccccc23)CC(=O)c2ccccc21)[NH2+]C1CC(=O)OC1OCc1ccccc1. The Morgan fingerprint density at radius 2 is 1.68 bits per heavy atom. The van der Waals surface area contributed by atoms with Crippen LogP contribution in [-0.4, -0.2) is 59.4 Å². The lowest BCUT2D eigenvalue weighted by Crippen LogP contribution is -2.96. The predicted octanol–water partition coefficient (Wildman–Crippen LogP) is 1.90. The molecule has 3 N–H and O–H groups in total. The highest BCUT2D eigenvalue weighted by Crippen LogP contribution is 2.27. The second-order valence-corrected chi connectivity index (χ2v) is 10.6. The minimum absolute atomic E-state index is 0.0507. The number of amides is 3. The van der Waals surface area contributed by atoms with Gasteiger partial charge in [-0.3, -0.25) is 34.4 Å². The van der Waals surface area contributed by atoms with Gasteiger partial charge in [0.05, 0.1) is 12.3 Å². The zero-order valence-corrected chi connectivity index (χ0v) is 23.6. The number of nitrogens with zero attached hydrogens (tertiary/aromatic N) is 2. The number of Topliss-reactive ketones (excluding diaryl/α,β-unsaturated/α-hetero) is 1. The minimum Gasteiger partial charge on any atom is -0.429 e. The lowest BCUT2D eigenvalue weighted by atomic mass is 10.0. The fraction of sp³-hybridized carbons (Fsp3) is 0.212. The van der Waals surface area contributed by atoms with E-state index in [0.29, 0.717) is 5.39 Å². The summed E-state index contributed by atoms with van der Waals surface area (Å²) >= 11 is 0. The molecule has 44 heavy (non-hydrogen) atoms. The molecule has 0 spiro atoms. The Labute approximate surface area is 252 Å². The topological polar surface area (TPSA) is 149 Å². The van der Waals surface area contributed by atoms with Gasteiger partial charge in [-0.2, -0.15) is 0 Å². The Balaban J connectivity index is 1.20. The van der Waals surface area contributed by atoms with Crippen LogP contribution in [0.15, 0.2) is 91.1 Å². The normalized spacial score (nSPS) is 19.8. The lowest BCUT2D eigenvalue weighted by Gasteiger charge is -2.25. The van der Waals surface area contributed by atoms with Crippen molar-refractivity contribution in [2.24, 2.45) is 0 Å². The molecule has 1 aromatic heterocycles. The summed E-state index contributed by atoms with van der Waals surface area (Å²) in [6.45, 7) is -0.234. The van der Waals surface area contributed by atoms with Crippen LogP contribution in [0.5, 0.6) is 0 Å². The van der Waals surface area contributed by atoms with Crippen LogP contribution in [0.1, 0.15) is 39.3 Å². The van der Waals surface area contributed by atoms with Gasteiger partial charge in [0.15, 0.2) is 11.8 Å². The van der Waals surface area contributed by atoms with Crippen molar-refractivity contribution in [3.63, 3.8) is 0 Å². The van der Waals surface area contributed by atoms with E-state index in [0.717, 1.165) is 10.9 Å². The van der Waals surface area contributed by atoms with Gasteiger partial charge in [-0.15, -0.1) is 0 Å². The zero-order chi connectivity index (χ0) is 30.6. The van der Waals surface area contributed by atoms with Crippen LogP contribution >= 0.6 is 0 Å². The van der Waals surface area contributed by atoms with Crippen LogP contribution in [0.4, 0.5) is 5.69 Å². The lowest BCUT2D eigenvalue weighted by molar-refractivity contribution is -0.617. The van der Waals surface area contributed by atoms with Gasteiger partial charge in [0, 0.05) is 23.6 Å². The Bertz CT molecular complexity index is 1750. The predicted molar refractivity (Wildman–Crippen MR) is 157 cm³/mol. The average Bonchev–Trinajstić information content (AvgIpc) is 3.35. The van der Waals surface area contributed by atoms with E-state index in [1.54, 1.807) is 42.5 Å². The highest BCUT2D eigenvalue weighted by molar-refractivity contribution is 6.15. The third-order valence-electron chi connectivity index (χ3n) is 7.61. The van der Waals surface area contributed by atoms with E-state index in [9.17, 15) is 24.0 Å². The third-order valence-corrected chi connectivity index (χ3v) is 7.61. The summed E-state index contributed by atoms with van der Waals surface area (Å²) in [5.41, 5.74) is 1.52. The number of nitrogens with two attached hydrogens (primary N) is 1. The number of quaternary nitrogens is 1. The van der Waals surface area contributed by atoms with Crippen LogP contribution in [0, 0.1) is 0 Å². The maximum Gasteiger partial charge on any atom is 0.330 e. The summed E-state index contributed by atoms with van der Waals surface area (Å²) < 4.78 is 11.1. The third kappa shape index (κ3) is 6.10. The molecule has 3 heterocycles. The first-order valence-corrected chi connectivity index (χ1v) is 14.2. The number of cyclic esters (lactones) is 1. The van der Waals surface area contributed by atoms with Gasteiger partial charge in [0.1, 0.15) is 24.7 Å². The molecule has 3 amide bonds. The summed E-state index contributed by atoms with van der Waals surface area (Å²) in [4.78, 5) is 71.4. The summed E-state index contributed by atoms with van der Waals surface area (Å²) in [6.07, 6.45) is 0.203. The number of benzene rings is 3. The standard InChI is InChI=1S/C33H28N4O7/c38-27-16-24(36-31(41)30-22-11-5-4-10-21(22)14-15-34-30)32(42)37(26-13-7-6-12-23(26)27)18-28(39)35-25-17-29(40)44-33(25)43-19-20-8-2-1-3-9-20/h1-15,24-25,33H,16-19H2,(H,35,39)(H,36,41)/p+1. The molecule has 3 atom stereocenters. The second-order valence-electron chi connectivity index (χ2n) is 10.6. The van der Waals surface area contributed by atoms with Gasteiger partial charge in [0.2, 0.25) is 0 Å². The molecule has 2 aliphatic rings. The largest absolute Gasteiger partial charge is 0.429 e. The van der Waals surface area contributed by atoms with E-state index in [2.05, 4.69) is 10.3 Å². The Hall–Kier alpha value is -5.26. The highest BCUT2D eigenvalue weighted by Gasteiger charge is 2.42. The molecular weight excluding hydrogens is 564 g/mol. The fourth-order valence-electron chi connectivity index (χ4n) is 5.49. The van der Waals surface area contributed by atoms with Crippen LogP contribution in [0.3, 0.4) is 0 Å². The maximum atomic E-state index is 13.9. The average molecular weight is 594 g/mol. The Morgan fingerprint density at radius 1 is 0.932 bits per heavy atom. The highest BCUT2D eigenvalue weighted by atomic mass is 16.7. The molecule has 0 aliphatic carbocycles. The summed E-state index contributed by atoms with van der Waals surface area (Å²) in [5, 5.41) is 5.41. The summed E-state index contributed by atoms with van der Waals surface area (Å²) in [7, 11) is 0. The second kappa shape index (κ2) is 12.5. The first kappa shape index (κ1) is 28.8. The summed E-state index contributed by atoms with van der Waals surface area (Å²) in [5.74, 6) is -2.55. The van der Waals surface area contributed by atoms with Gasteiger partial charge in [0.25, 0.3) is 18.1 Å². The number of primary amides is 1. The molecule has 3 unspecified atom stereocenters. The van der Waals surface area contributed by atoms with Gasteiger partial charge in [-0.05, 0) is 29.1 Å². The molecule has 0 saturated carbocycles. The molecular formula is C33H29N4O7+. The molecule has 3 aromatic carbocycles. The Kier molecular flexibility index (Phi) is 8.22. The number of esters is 1. The molecule has 2 aliphatic heterocycles. The number of aromatic nitrogens is 1. The minimum atomic E-state index is -1.24. The van der Waals surface area contributed by atoms with E-state index in [4.69, 9.17) is 9.47 Å². The number of ketones is 1. The molecule has 222 valence electrons. The molecule has 0 radical (unpaired) electrons. The van der Waals surface area contributed by atoms with Gasteiger partial charge < -0.3 is 14.8 Å². The molecule has 6 rings (SSSR count). The van der Waals surface area contributed by atoms with Crippen molar-refractivity contribution in [1.29, 1.82) is 0 Å². The van der Waals surface area contributed by atoms with Crippen LogP contribution in [0.25, 0.3) is 10.8 Å². The number of carbonyl (C=O) groups excluding carboxylic acids is 5. The molecule has 11 nitrogen and oxygen atoms in total. The molecule has 11 heteroatoms. The number of ether oxygens (including phenoxy) is 2. The van der Waals surface area contributed by atoms with Crippen molar-refractivity contribution in [3.8, 4) is 0 Å². The number of nitrogens with one attached hydrogen (secondary N) is 1. The van der Waals surface area contributed by atoms with Crippen molar-refractivity contribution < 1.29 is 38.8 Å². The Morgan fingerprint density at radius 3 is 2.52 bits per heavy atom. The van der Waals surface area contributed by atoms with Crippen LogP contribution in [0.2, 0.25) is 0 Å². The number of hydrogen-bond donors (Lipinski definition) is 2. The van der Waals surface area contributed by atoms with Gasteiger partial charge in [-0.25, -0.2) is 4.79 Å².